The van der Waals surface area contributed by atoms with Crippen molar-refractivity contribution in [1.29, 1.82) is 0 Å². The molecule has 0 aliphatic carbocycles. The van der Waals surface area contributed by atoms with Crippen LogP contribution in [-0.4, -0.2) is 44.2 Å². The average molecular weight is 376 g/mol. The molecule has 0 amide bonds. The summed E-state index contributed by atoms with van der Waals surface area (Å²) in [6.45, 7) is 0. The molecule has 1 aromatic carbocycles. The smallest absolute Gasteiger partial charge is 0.259 e. The number of ether oxygens (including phenoxy) is 1. The molecule has 0 fully saturated rings. The van der Waals surface area contributed by atoms with Gasteiger partial charge in [0.25, 0.3) is 5.89 Å². The zero-order valence-corrected chi connectivity index (χ0v) is 15.1. The summed E-state index contributed by atoms with van der Waals surface area (Å²) in [4.78, 5) is 23.0. The van der Waals surface area contributed by atoms with Crippen molar-refractivity contribution in [3.63, 3.8) is 0 Å². The molecule has 0 spiro atoms. The van der Waals surface area contributed by atoms with Crippen LogP contribution in [0.25, 0.3) is 23.1 Å². The van der Waals surface area contributed by atoms with E-state index in [1.807, 2.05) is 37.4 Å². The molecule has 0 radical (unpaired) electrons. The fourth-order valence-corrected chi connectivity index (χ4v) is 2.46. The summed E-state index contributed by atoms with van der Waals surface area (Å²) in [7, 11) is 3.38. The van der Waals surface area contributed by atoms with E-state index in [2.05, 4.69) is 30.1 Å². The molecular weight excluding hydrogens is 360 g/mol. The van der Waals surface area contributed by atoms with Crippen LogP contribution in [0.15, 0.2) is 53.2 Å². The van der Waals surface area contributed by atoms with Crippen LogP contribution in [0.4, 0.5) is 17.6 Å². The van der Waals surface area contributed by atoms with E-state index in [1.165, 1.54) is 0 Å². The number of benzene rings is 1. The van der Waals surface area contributed by atoms with Gasteiger partial charge in [-0.1, -0.05) is 23.4 Å². The molecule has 28 heavy (non-hydrogen) atoms. The first-order valence-corrected chi connectivity index (χ1v) is 8.29. The molecular formula is C18H16N8O2. The summed E-state index contributed by atoms with van der Waals surface area (Å²) >= 11 is 0. The number of nitrogens with zero attached hydrogens (tertiary/aromatic N) is 7. The van der Waals surface area contributed by atoms with Crippen molar-refractivity contribution >= 4 is 17.6 Å². The van der Waals surface area contributed by atoms with E-state index in [1.54, 1.807) is 30.3 Å². The molecule has 0 unspecified atom stereocenters. The lowest BCUT2D eigenvalue weighted by Crippen LogP contribution is -2.15. The zero-order valence-electron chi connectivity index (χ0n) is 15.1. The highest BCUT2D eigenvalue weighted by Gasteiger charge is 2.17. The lowest BCUT2D eigenvalue weighted by Gasteiger charge is -2.17. The lowest BCUT2D eigenvalue weighted by atomic mass is 10.3. The monoisotopic (exact) mass is 376 g/mol. The third-order valence-corrected chi connectivity index (χ3v) is 3.90. The summed E-state index contributed by atoms with van der Waals surface area (Å²) in [6.07, 6.45) is 1.58. The van der Waals surface area contributed by atoms with Gasteiger partial charge < -0.3 is 19.9 Å². The van der Waals surface area contributed by atoms with E-state index in [-0.39, 0.29) is 23.5 Å². The number of para-hydroxylation sites is 1. The van der Waals surface area contributed by atoms with Gasteiger partial charge in [-0.05, 0) is 18.2 Å². The Bertz CT molecular complexity index is 1080. The maximum absolute atomic E-state index is 5.86. The number of anilines is 3. The molecule has 0 saturated heterocycles. The minimum absolute atomic E-state index is 0.0558. The Kier molecular flexibility index (Phi) is 4.50. The topological polar surface area (TPSA) is 129 Å². The third kappa shape index (κ3) is 3.43. The molecule has 4 aromatic rings. The van der Waals surface area contributed by atoms with Crippen LogP contribution in [-0.2, 0) is 0 Å². The highest BCUT2D eigenvalue weighted by molar-refractivity contribution is 5.60. The second kappa shape index (κ2) is 7.27. The molecule has 4 rings (SSSR count). The van der Waals surface area contributed by atoms with Crippen LogP contribution >= 0.6 is 0 Å². The van der Waals surface area contributed by atoms with Crippen LogP contribution in [0, 0.1) is 0 Å². The van der Waals surface area contributed by atoms with Crippen molar-refractivity contribution in [2.45, 2.75) is 0 Å². The highest BCUT2D eigenvalue weighted by atomic mass is 16.5. The summed E-state index contributed by atoms with van der Waals surface area (Å²) in [5.41, 5.74) is 7.41. The van der Waals surface area contributed by atoms with E-state index in [4.69, 9.17) is 15.0 Å². The molecule has 140 valence electrons. The van der Waals surface area contributed by atoms with Gasteiger partial charge in [-0.2, -0.15) is 19.9 Å². The molecule has 10 heteroatoms. The van der Waals surface area contributed by atoms with Crippen LogP contribution < -0.4 is 15.4 Å². The van der Waals surface area contributed by atoms with Crippen molar-refractivity contribution in [2.24, 2.45) is 0 Å². The standard InChI is InChI=1S/C18H16N8O2/c1-26(12-6-4-3-5-7-12)18-23-14(22-17(19)24-18)15-21-16(28-25-15)11-8-9-13(27-2)20-10-11/h3-10H,1-2H3,(H2,19,22,23,24). The van der Waals surface area contributed by atoms with Crippen LogP contribution in [0.2, 0.25) is 0 Å². The van der Waals surface area contributed by atoms with Gasteiger partial charge in [-0.25, -0.2) is 4.98 Å². The highest BCUT2D eigenvalue weighted by Crippen LogP contribution is 2.24. The van der Waals surface area contributed by atoms with E-state index in [0.717, 1.165) is 5.69 Å². The molecule has 2 N–H and O–H groups in total. The minimum Gasteiger partial charge on any atom is -0.481 e. The predicted molar refractivity (Wildman–Crippen MR) is 102 cm³/mol. The van der Waals surface area contributed by atoms with Gasteiger partial charge in [-0.3, -0.25) is 0 Å². The Morgan fingerprint density at radius 3 is 2.50 bits per heavy atom. The first kappa shape index (κ1) is 17.3. The number of aromatic nitrogens is 6. The molecule has 0 atom stereocenters. The van der Waals surface area contributed by atoms with Gasteiger partial charge in [0.1, 0.15) is 0 Å². The molecule has 0 aliphatic rings. The van der Waals surface area contributed by atoms with E-state index in [9.17, 15) is 0 Å². The normalized spacial score (nSPS) is 10.6. The van der Waals surface area contributed by atoms with Crippen LogP contribution in [0.3, 0.4) is 0 Å². The van der Waals surface area contributed by atoms with E-state index < -0.39 is 0 Å². The first-order valence-electron chi connectivity index (χ1n) is 8.29. The Morgan fingerprint density at radius 1 is 0.964 bits per heavy atom. The fraction of sp³-hybridized carbons (Fsp3) is 0.111. The van der Waals surface area contributed by atoms with Crippen molar-refractivity contribution in [3.8, 4) is 29.0 Å². The number of nitrogen functional groups attached to an aromatic ring is 1. The predicted octanol–water partition coefficient (Wildman–Crippen LogP) is 2.34. The molecule has 10 nitrogen and oxygen atoms in total. The quantitative estimate of drug-likeness (QED) is 0.554. The Morgan fingerprint density at radius 2 is 1.79 bits per heavy atom. The van der Waals surface area contributed by atoms with Gasteiger partial charge in [0.2, 0.25) is 29.4 Å². The second-order valence-electron chi connectivity index (χ2n) is 5.72. The largest absolute Gasteiger partial charge is 0.481 e. The van der Waals surface area contributed by atoms with E-state index >= 15 is 0 Å². The van der Waals surface area contributed by atoms with Crippen molar-refractivity contribution in [2.75, 3.05) is 24.8 Å². The molecule has 0 bridgehead atoms. The maximum Gasteiger partial charge on any atom is 0.259 e. The lowest BCUT2D eigenvalue weighted by molar-refractivity contribution is 0.397. The van der Waals surface area contributed by atoms with Gasteiger partial charge in [-0.15, -0.1) is 0 Å². The molecule has 0 saturated carbocycles. The number of hydrogen-bond donors (Lipinski definition) is 1. The van der Waals surface area contributed by atoms with Gasteiger partial charge in [0.05, 0.1) is 12.7 Å². The third-order valence-electron chi connectivity index (χ3n) is 3.90. The van der Waals surface area contributed by atoms with Gasteiger partial charge in [0.15, 0.2) is 0 Å². The SMILES string of the molecule is COc1ccc(-c2nc(-c3nc(N)nc(N(C)c4ccccc4)n3)no2)cn1. The minimum atomic E-state index is 0.0558. The van der Waals surface area contributed by atoms with Crippen molar-refractivity contribution in [3.05, 3.63) is 48.7 Å². The molecule has 0 aliphatic heterocycles. The molecule has 3 heterocycles. The Balaban J connectivity index is 1.66. The maximum atomic E-state index is 5.86. The van der Waals surface area contributed by atoms with Crippen molar-refractivity contribution < 1.29 is 9.26 Å². The Hall–Kier alpha value is -4.08. The van der Waals surface area contributed by atoms with Crippen LogP contribution in [0.1, 0.15) is 0 Å². The van der Waals surface area contributed by atoms with Gasteiger partial charge >= 0.3 is 0 Å². The van der Waals surface area contributed by atoms with Crippen molar-refractivity contribution in [1.82, 2.24) is 30.1 Å². The fourth-order valence-electron chi connectivity index (χ4n) is 2.46. The first-order chi connectivity index (χ1) is 13.6. The number of hydrogen-bond acceptors (Lipinski definition) is 10. The zero-order chi connectivity index (χ0) is 19.5. The number of nitrogens with two attached hydrogens (primary N) is 1. The Labute approximate surface area is 160 Å². The second-order valence-corrected chi connectivity index (χ2v) is 5.72. The average Bonchev–Trinajstić information content (AvgIpc) is 3.24. The summed E-state index contributed by atoms with van der Waals surface area (Å²) in [5.74, 6) is 1.60. The molecule has 3 aromatic heterocycles. The number of pyridine rings is 1. The summed E-state index contributed by atoms with van der Waals surface area (Å²) in [6, 6.07) is 13.1. The number of methoxy groups -OCH3 is 1. The van der Waals surface area contributed by atoms with Crippen LogP contribution in [0.5, 0.6) is 5.88 Å². The summed E-state index contributed by atoms with van der Waals surface area (Å²) in [5, 5.41) is 3.95. The summed E-state index contributed by atoms with van der Waals surface area (Å²) < 4.78 is 10.3. The van der Waals surface area contributed by atoms with Gasteiger partial charge in [0, 0.05) is 25.0 Å². The van der Waals surface area contributed by atoms with E-state index in [0.29, 0.717) is 17.4 Å². The number of rotatable bonds is 5.